The third-order valence-corrected chi connectivity index (χ3v) is 6.27. The normalized spacial score (nSPS) is 34.5. The third-order valence-electron chi connectivity index (χ3n) is 6.27. The van der Waals surface area contributed by atoms with Gasteiger partial charge in [-0.2, -0.15) is 5.10 Å². The molecular weight excluding hydrogens is 274 g/mol. The number of hydrogen-bond donors (Lipinski definition) is 2. The SMILES string of the molecule is O=C(NC1CCC2CCCCC2C1)C1CCc2[nH]ncc2C1. The number of hydrogen-bond acceptors (Lipinski definition) is 2. The monoisotopic (exact) mass is 301 g/mol. The number of H-pyrrole nitrogens is 1. The first kappa shape index (κ1) is 14.3. The van der Waals surface area contributed by atoms with E-state index in [2.05, 4.69) is 15.5 Å². The van der Waals surface area contributed by atoms with Crippen LogP contribution in [0.2, 0.25) is 0 Å². The van der Waals surface area contributed by atoms with Gasteiger partial charge in [0.15, 0.2) is 0 Å². The van der Waals surface area contributed by atoms with Gasteiger partial charge in [0.05, 0.1) is 6.20 Å². The van der Waals surface area contributed by atoms with Crippen LogP contribution in [0.3, 0.4) is 0 Å². The number of carbonyl (C=O) groups is 1. The van der Waals surface area contributed by atoms with Crippen LogP contribution in [0.5, 0.6) is 0 Å². The highest BCUT2D eigenvalue weighted by Gasteiger charge is 2.34. The van der Waals surface area contributed by atoms with Crippen molar-refractivity contribution in [2.75, 3.05) is 0 Å². The molecule has 4 atom stereocenters. The van der Waals surface area contributed by atoms with Crippen LogP contribution >= 0.6 is 0 Å². The summed E-state index contributed by atoms with van der Waals surface area (Å²) < 4.78 is 0. The van der Waals surface area contributed by atoms with Gasteiger partial charge in [-0.05, 0) is 55.9 Å². The fraction of sp³-hybridized carbons (Fsp3) is 0.778. The number of fused-ring (bicyclic) bond motifs is 2. The van der Waals surface area contributed by atoms with Crippen LogP contribution in [0.1, 0.15) is 62.6 Å². The number of aryl methyl sites for hydroxylation is 1. The maximum Gasteiger partial charge on any atom is 0.223 e. The Morgan fingerprint density at radius 2 is 2.00 bits per heavy atom. The molecule has 0 aliphatic heterocycles. The molecule has 2 saturated carbocycles. The van der Waals surface area contributed by atoms with Gasteiger partial charge >= 0.3 is 0 Å². The molecule has 1 aromatic heterocycles. The Morgan fingerprint density at radius 3 is 2.91 bits per heavy atom. The van der Waals surface area contributed by atoms with Gasteiger partial charge in [0.2, 0.25) is 5.91 Å². The van der Waals surface area contributed by atoms with Crippen molar-refractivity contribution in [3.8, 4) is 0 Å². The maximum absolute atomic E-state index is 12.6. The molecule has 4 unspecified atom stereocenters. The van der Waals surface area contributed by atoms with E-state index in [4.69, 9.17) is 0 Å². The van der Waals surface area contributed by atoms with E-state index in [1.807, 2.05) is 6.20 Å². The molecular formula is C18H27N3O. The lowest BCUT2D eigenvalue weighted by Crippen LogP contribution is -2.44. The quantitative estimate of drug-likeness (QED) is 0.882. The van der Waals surface area contributed by atoms with E-state index in [1.165, 1.54) is 56.2 Å². The Labute approximate surface area is 132 Å². The number of carbonyl (C=O) groups excluding carboxylic acids is 1. The van der Waals surface area contributed by atoms with Gasteiger partial charge in [-0.1, -0.05) is 25.7 Å². The summed E-state index contributed by atoms with van der Waals surface area (Å²) >= 11 is 0. The molecule has 0 spiro atoms. The van der Waals surface area contributed by atoms with Gasteiger partial charge in [-0.15, -0.1) is 0 Å². The average Bonchev–Trinajstić information content (AvgIpc) is 3.02. The summed E-state index contributed by atoms with van der Waals surface area (Å²) in [5.41, 5.74) is 2.47. The molecule has 4 heteroatoms. The summed E-state index contributed by atoms with van der Waals surface area (Å²) in [7, 11) is 0. The molecule has 3 aliphatic carbocycles. The van der Waals surface area contributed by atoms with Gasteiger partial charge in [0.25, 0.3) is 0 Å². The van der Waals surface area contributed by atoms with Crippen LogP contribution in [0.25, 0.3) is 0 Å². The van der Waals surface area contributed by atoms with Crippen LogP contribution < -0.4 is 5.32 Å². The number of aromatic amines is 1. The second-order valence-electron chi connectivity index (χ2n) is 7.64. The molecule has 4 rings (SSSR count). The molecule has 1 amide bonds. The molecule has 22 heavy (non-hydrogen) atoms. The zero-order valence-electron chi connectivity index (χ0n) is 13.3. The van der Waals surface area contributed by atoms with Gasteiger partial charge in [0, 0.05) is 17.7 Å². The first-order valence-electron chi connectivity index (χ1n) is 9.11. The van der Waals surface area contributed by atoms with Crippen molar-refractivity contribution in [1.29, 1.82) is 0 Å². The van der Waals surface area contributed by atoms with E-state index in [0.29, 0.717) is 6.04 Å². The van der Waals surface area contributed by atoms with Crippen molar-refractivity contribution in [3.63, 3.8) is 0 Å². The van der Waals surface area contributed by atoms with Crippen molar-refractivity contribution in [2.45, 2.75) is 70.3 Å². The van der Waals surface area contributed by atoms with Crippen LogP contribution in [-0.4, -0.2) is 22.1 Å². The van der Waals surface area contributed by atoms with Crippen LogP contribution in [-0.2, 0) is 17.6 Å². The smallest absolute Gasteiger partial charge is 0.223 e. The Kier molecular flexibility index (Phi) is 3.93. The minimum Gasteiger partial charge on any atom is -0.353 e. The van der Waals surface area contributed by atoms with E-state index in [1.54, 1.807) is 0 Å². The van der Waals surface area contributed by atoms with Crippen molar-refractivity contribution in [1.82, 2.24) is 15.5 Å². The summed E-state index contributed by atoms with van der Waals surface area (Å²) in [6, 6.07) is 0.428. The first-order chi connectivity index (χ1) is 10.8. The Balaban J connectivity index is 1.33. The largest absolute Gasteiger partial charge is 0.353 e. The van der Waals surface area contributed by atoms with Crippen molar-refractivity contribution in [3.05, 3.63) is 17.5 Å². The van der Waals surface area contributed by atoms with Gasteiger partial charge < -0.3 is 5.32 Å². The molecule has 0 radical (unpaired) electrons. The van der Waals surface area contributed by atoms with Gasteiger partial charge in [-0.3, -0.25) is 9.89 Å². The average molecular weight is 301 g/mol. The number of aromatic nitrogens is 2. The van der Waals surface area contributed by atoms with Crippen LogP contribution in [0, 0.1) is 17.8 Å². The fourth-order valence-corrected chi connectivity index (χ4v) is 4.96. The maximum atomic E-state index is 12.6. The Morgan fingerprint density at radius 1 is 1.14 bits per heavy atom. The van der Waals surface area contributed by atoms with Crippen LogP contribution in [0.15, 0.2) is 6.20 Å². The number of rotatable bonds is 2. The van der Waals surface area contributed by atoms with Gasteiger partial charge in [-0.25, -0.2) is 0 Å². The summed E-state index contributed by atoms with van der Waals surface area (Å²) in [4.78, 5) is 12.6. The van der Waals surface area contributed by atoms with E-state index in [-0.39, 0.29) is 11.8 Å². The van der Waals surface area contributed by atoms with E-state index < -0.39 is 0 Å². The molecule has 4 nitrogen and oxygen atoms in total. The third kappa shape index (κ3) is 2.80. The zero-order chi connectivity index (χ0) is 14.9. The summed E-state index contributed by atoms with van der Waals surface area (Å²) in [5, 5.41) is 10.5. The second-order valence-corrected chi connectivity index (χ2v) is 7.64. The van der Waals surface area contributed by atoms with Crippen molar-refractivity contribution < 1.29 is 4.79 Å². The van der Waals surface area contributed by atoms with Crippen LogP contribution in [0.4, 0.5) is 0 Å². The summed E-state index contributed by atoms with van der Waals surface area (Å²) in [5.74, 6) is 2.25. The molecule has 1 aromatic rings. The summed E-state index contributed by atoms with van der Waals surface area (Å²) in [6.07, 6.45) is 14.0. The minimum atomic E-state index is 0.147. The molecule has 0 saturated heterocycles. The lowest BCUT2D eigenvalue weighted by Gasteiger charge is -2.40. The molecule has 2 fully saturated rings. The number of nitrogens with one attached hydrogen (secondary N) is 2. The first-order valence-corrected chi connectivity index (χ1v) is 9.11. The molecule has 1 heterocycles. The van der Waals surface area contributed by atoms with Crippen molar-refractivity contribution in [2.24, 2.45) is 17.8 Å². The predicted molar refractivity (Wildman–Crippen MR) is 85.3 cm³/mol. The Hall–Kier alpha value is -1.32. The standard InChI is InChI=1S/C18H27N3O/c22-18(14-6-8-17-15(9-14)11-19-21-17)20-16-7-5-12-3-1-2-4-13(12)10-16/h11-14,16H,1-10H2,(H,19,21)(H,20,22). The highest BCUT2D eigenvalue weighted by atomic mass is 16.1. The Bertz CT molecular complexity index is 538. The highest BCUT2D eigenvalue weighted by molar-refractivity contribution is 5.79. The highest BCUT2D eigenvalue weighted by Crippen LogP contribution is 2.40. The van der Waals surface area contributed by atoms with E-state index >= 15 is 0 Å². The second kappa shape index (κ2) is 6.05. The topological polar surface area (TPSA) is 57.8 Å². The molecule has 0 aromatic carbocycles. The van der Waals surface area contributed by atoms with Gasteiger partial charge in [0.1, 0.15) is 0 Å². The number of amides is 1. The fourth-order valence-electron chi connectivity index (χ4n) is 4.96. The molecule has 3 aliphatic rings. The molecule has 120 valence electrons. The van der Waals surface area contributed by atoms with E-state index in [9.17, 15) is 4.79 Å². The predicted octanol–water partition coefficient (Wildman–Crippen LogP) is 2.99. The summed E-state index contributed by atoms with van der Waals surface area (Å²) in [6.45, 7) is 0. The van der Waals surface area contributed by atoms with Crippen molar-refractivity contribution >= 4 is 5.91 Å². The van der Waals surface area contributed by atoms with E-state index in [0.717, 1.165) is 31.1 Å². The lowest BCUT2D eigenvalue weighted by atomic mass is 9.69. The minimum absolute atomic E-state index is 0.147. The zero-order valence-corrected chi connectivity index (χ0v) is 13.3. The number of nitrogens with zero attached hydrogens (tertiary/aromatic N) is 1. The molecule has 0 bridgehead atoms. The molecule has 2 N–H and O–H groups in total. The lowest BCUT2D eigenvalue weighted by molar-refractivity contribution is -0.126.